The number of nitrogens with zero attached hydrogens (tertiary/aromatic N) is 3. The van der Waals surface area contributed by atoms with Gasteiger partial charge < -0.3 is 19.3 Å². The maximum Gasteiger partial charge on any atom is 0.416 e. The number of aliphatic imine (C=N–C) groups is 1. The zero-order chi connectivity index (χ0) is 28.2. The Morgan fingerprint density at radius 1 is 1.08 bits per heavy atom. The van der Waals surface area contributed by atoms with Gasteiger partial charge in [0, 0.05) is 26.4 Å². The van der Waals surface area contributed by atoms with Gasteiger partial charge in [-0.3, -0.25) is 4.79 Å². The average Bonchev–Trinajstić information content (AvgIpc) is 3.29. The molecule has 7 nitrogen and oxygen atoms in total. The third-order valence-corrected chi connectivity index (χ3v) is 7.20. The van der Waals surface area contributed by atoms with Gasteiger partial charge in [-0.05, 0) is 35.6 Å². The third kappa shape index (κ3) is 6.54. The van der Waals surface area contributed by atoms with E-state index in [4.69, 9.17) is 9.47 Å². The molecule has 0 radical (unpaired) electrons. The highest BCUT2D eigenvalue weighted by molar-refractivity contribution is 8.16. The van der Waals surface area contributed by atoms with Gasteiger partial charge in [0.2, 0.25) is 5.91 Å². The Morgan fingerprint density at radius 3 is 2.41 bits per heavy atom. The molecule has 0 aromatic heterocycles. The molecule has 0 saturated carbocycles. The Hall–Kier alpha value is -3.57. The summed E-state index contributed by atoms with van der Waals surface area (Å²) in [6.45, 7) is 2.26. The van der Waals surface area contributed by atoms with Gasteiger partial charge in [-0.1, -0.05) is 54.2 Å². The number of rotatable bonds is 9. The summed E-state index contributed by atoms with van der Waals surface area (Å²) in [5.41, 5.74) is 1.78. The van der Waals surface area contributed by atoms with Crippen molar-refractivity contribution in [3.8, 4) is 0 Å². The number of methoxy groups -OCH3 is 1. The number of ether oxygens (including phenoxy) is 2. The second-order valence-corrected chi connectivity index (χ2v) is 9.89. The maximum absolute atomic E-state index is 13.3. The summed E-state index contributed by atoms with van der Waals surface area (Å²) < 4.78 is 50.2. The summed E-state index contributed by atoms with van der Waals surface area (Å²) >= 11 is 1.29. The first-order valence-electron chi connectivity index (χ1n) is 12.2. The van der Waals surface area contributed by atoms with Crippen molar-refractivity contribution in [2.75, 3.05) is 27.4 Å². The number of carbonyl (C=O) groups is 2. The van der Waals surface area contributed by atoms with E-state index in [1.807, 2.05) is 30.3 Å². The second kappa shape index (κ2) is 12.1. The van der Waals surface area contributed by atoms with E-state index in [9.17, 15) is 22.8 Å². The van der Waals surface area contributed by atoms with E-state index in [-0.39, 0.29) is 31.1 Å². The van der Waals surface area contributed by atoms with Crippen LogP contribution in [-0.4, -0.2) is 54.2 Å². The summed E-state index contributed by atoms with van der Waals surface area (Å²) in [5, 5.41) is 2.32. The van der Waals surface area contributed by atoms with Crippen molar-refractivity contribution in [1.29, 1.82) is 0 Å². The summed E-state index contributed by atoms with van der Waals surface area (Å²) in [4.78, 5) is 34.3. The standard InChI is InChI=1S/C28H28F3N3O4S/c1-18-24(26(36)38-14-13-37-3)25(20-9-11-21(12-10-20)28(29,30)31)34-22(17-39-27(34)32-18)15-23(35)33(2)16-19-7-5-4-6-8-19/h4-12,17,25H,13-16H2,1-3H3. The van der Waals surface area contributed by atoms with Gasteiger partial charge >= 0.3 is 12.1 Å². The van der Waals surface area contributed by atoms with Crippen LogP contribution in [0.25, 0.3) is 0 Å². The van der Waals surface area contributed by atoms with Crippen molar-refractivity contribution < 1.29 is 32.2 Å². The lowest BCUT2D eigenvalue weighted by Crippen LogP contribution is -2.38. The zero-order valence-electron chi connectivity index (χ0n) is 21.7. The molecule has 0 N–H and O–H groups in total. The fourth-order valence-electron chi connectivity index (χ4n) is 4.33. The molecule has 2 aliphatic rings. The zero-order valence-corrected chi connectivity index (χ0v) is 22.5. The summed E-state index contributed by atoms with van der Waals surface area (Å²) in [5.74, 6) is -0.811. The van der Waals surface area contributed by atoms with Gasteiger partial charge in [0.25, 0.3) is 0 Å². The SMILES string of the molecule is COCCOC(=O)C1=C(C)N=C2SC=C(CC(=O)N(C)Cc3ccccc3)N2C1c1ccc(C(F)(F)F)cc1. The van der Waals surface area contributed by atoms with Gasteiger partial charge in [-0.15, -0.1) is 0 Å². The Bertz CT molecular complexity index is 1310. The first kappa shape index (κ1) is 28.4. The largest absolute Gasteiger partial charge is 0.460 e. The lowest BCUT2D eigenvalue weighted by molar-refractivity contribution is -0.141. The van der Waals surface area contributed by atoms with Gasteiger partial charge in [-0.2, -0.15) is 13.2 Å². The fraction of sp³-hybridized carbons (Fsp3) is 0.321. The Labute approximate surface area is 229 Å². The second-order valence-electron chi connectivity index (χ2n) is 9.05. The van der Waals surface area contributed by atoms with E-state index in [0.29, 0.717) is 28.7 Å². The minimum Gasteiger partial charge on any atom is -0.460 e. The number of thioether (sulfide) groups is 1. The molecule has 206 valence electrons. The number of amidine groups is 1. The molecule has 0 fully saturated rings. The van der Waals surface area contributed by atoms with Crippen LogP contribution < -0.4 is 0 Å². The maximum atomic E-state index is 13.3. The number of carbonyl (C=O) groups excluding carboxylic acids is 2. The summed E-state index contributed by atoms with van der Waals surface area (Å²) in [7, 11) is 3.18. The molecule has 2 heterocycles. The molecule has 0 bridgehead atoms. The third-order valence-electron chi connectivity index (χ3n) is 6.32. The Kier molecular flexibility index (Phi) is 8.81. The molecule has 11 heteroatoms. The van der Waals surface area contributed by atoms with Gasteiger partial charge in [-0.25, -0.2) is 9.79 Å². The number of esters is 1. The first-order chi connectivity index (χ1) is 18.6. The fourth-order valence-corrected chi connectivity index (χ4v) is 5.30. The van der Waals surface area contributed by atoms with Gasteiger partial charge in [0.1, 0.15) is 6.61 Å². The number of allylic oxidation sites excluding steroid dienone is 1. The van der Waals surface area contributed by atoms with Crippen LogP contribution in [0.5, 0.6) is 0 Å². The van der Waals surface area contributed by atoms with Crippen LogP contribution in [0.1, 0.15) is 36.1 Å². The van der Waals surface area contributed by atoms with Crippen LogP contribution in [0, 0.1) is 0 Å². The first-order valence-corrected chi connectivity index (χ1v) is 13.0. The monoisotopic (exact) mass is 559 g/mol. The van der Waals surface area contributed by atoms with Gasteiger partial charge in [0.15, 0.2) is 5.17 Å². The van der Waals surface area contributed by atoms with Crippen LogP contribution in [0.2, 0.25) is 0 Å². The predicted octanol–water partition coefficient (Wildman–Crippen LogP) is 5.52. The quantitative estimate of drug-likeness (QED) is 0.298. The summed E-state index contributed by atoms with van der Waals surface area (Å²) in [6.07, 6.45) is -4.49. The number of benzene rings is 2. The van der Waals surface area contributed by atoms with E-state index >= 15 is 0 Å². The molecule has 0 aliphatic carbocycles. The van der Waals surface area contributed by atoms with Crippen LogP contribution in [-0.2, 0) is 31.8 Å². The van der Waals surface area contributed by atoms with E-state index in [1.165, 1.54) is 31.0 Å². The van der Waals surface area contributed by atoms with E-state index in [1.54, 1.807) is 29.2 Å². The van der Waals surface area contributed by atoms with Crippen molar-refractivity contribution in [2.24, 2.45) is 4.99 Å². The average molecular weight is 560 g/mol. The number of amides is 1. The normalized spacial score (nSPS) is 17.0. The van der Waals surface area contributed by atoms with Crippen molar-refractivity contribution >= 4 is 28.8 Å². The van der Waals surface area contributed by atoms with Crippen LogP contribution in [0.4, 0.5) is 13.2 Å². The minimum atomic E-state index is -4.50. The number of hydrogen-bond acceptors (Lipinski definition) is 7. The van der Waals surface area contributed by atoms with E-state index in [2.05, 4.69) is 4.99 Å². The van der Waals surface area contributed by atoms with E-state index in [0.717, 1.165) is 17.7 Å². The molecule has 1 unspecified atom stereocenters. The van der Waals surface area contributed by atoms with Crippen LogP contribution in [0.3, 0.4) is 0 Å². The highest BCUT2D eigenvalue weighted by atomic mass is 32.2. The lowest BCUT2D eigenvalue weighted by atomic mass is 9.93. The topological polar surface area (TPSA) is 71.4 Å². The molecule has 1 amide bonds. The lowest BCUT2D eigenvalue weighted by Gasteiger charge is -2.36. The number of fused-ring (bicyclic) bond motifs is 1. The molecule has 2 aromatic rings. The smallest absolute Gasteiger partial charge is 0.416 e. The number of alkyl halides is 3. The van der Waals surface area contributed by atoms with Crippen molar-refractivity contribution in [1.82, 2.24) is 9.80 Å². The molecule has 0 spiro atoms. The van der Waals surface area contributed by atoms with Crippen LogP contribution >= 0.6 is 11.8 Å². The molecular formula is C28H28F3N3O4S. The highest BCUT2D eigenvalue weighted by Gasteiger charge is 2.41. The molecule has 39 heavy (non-hydrogen) atoms. The van der Waals surface area contributed by atoms with Crippen molar-refractivity contribution in [2.45, 2.75) is 32.1 Å². The number of halogens is 3. The molecule has 1 atom stereocenters. The van der Waals surface area contributed by atoms with Crippen molar-refractivity contribution in [3.63, 3.8) is 0 Å². The highest BCUT2D eigenvalue weighted by Crippen LogP contribution is 2.45. The molecule has 2 aromatic carbocycles. The molecule has 4 rings (SSSR count). The molecule has 2 aliphatic heterocycles. The van der Waals surface area contributed by atoms with Crippen molar-refractivity contribution in [3.05, 3.63) is 93.7 Å². The minimum absolute atomic E-state index is 0.00261. The Balaban J connectivity index is 1.65. The van der Waals surface area contributed by atoms with E-state index < -0.39 is 23.8 Å². The molecular weight excluding hydrogens is 531 g/mol. The van der Waals surface area contributed by atoms with Crippen LogP contribution in [0.15, 0.2) is 82.0 Å². The Morgan fingerprint density at radius 2 is 1.77 bits per heavy atom. The number of hydrogen-bond donors (Lipinski definition) is 0. The predicted molar refractivity (Wildman–Crippen MR) is 142 cm³/mol. The summed E-state index contributed by atoms with van der Waals surface area (Å²) in [6, 6.07) is 13.4. The molecule has 0 saturated heterocycles. The van der Waals surface area contributed by atoms with Gasteiger partial charge in [0.05, 0.1) is 35.9 Å².